The summed E-state index contributed by atoms with van der Waals surface area (Å²) >= 11 is 1.54. The lowest BCUT2D eigenvalue weighted by atomic mass is 9.72. The number of benzene rings is 1. The Bertz CT molecular complexity index is 1120. The second-order valence-corrected chi connectivity index (χ2v) is 10.7. The molecule has 0 fully saturated rings. The molecule has 5 nitrogen and oxygen atoms in total. The molecule has 1 unspecified atom stereocenters. The zero-order chi connectivity index (χ0) is 22.9. The van der Waals surface area contributed by atoms with Crippen molar-refractivity contribution in [2.75, 3.05) is 5.32 Å². The SMILES string of the molecule is Cc1cccc(C(=O)Nc2sc3c(c2C(=O)NCc2ccco2)CCC(C(C)(C)C)C3)c1. The average Bonchev–Trinajstić information content (AvgIpc) is 3.38. The number of hydrogen-bond acceptors (Lipinski definition) is 4. The highest BCUT2D eigenvalue weighted by Gasteiger charge is 2.34. The smallest absolute Gasteiger partial charge is 0.256 e. The van der Waals surface area contributed by atoms with Gasteiger partial charge in [-0.15, -0.1) is 11.3 Å². The number of fused-ring (bicyclic) bond motifs is 1. The van der Waals surface area contributed by atoms with Gasteiger partial charge >= 0.3 is 0 Å². The highest BCUT2D eigenvalue weighted by Crippen LogP contribution is 2.44. The van der Waals surface area contributed by atoms with E-state index in [2.05, 4.69) is 31.4 Å². The lowest BCUT2D eigenvalue weighted by Gasteiger charge is -2.33. The van der Waals surface area contributed by atoms with Crippen LogP contribution in [0.1, 0.15) is 69.7 Å². The largest absolute Gasteiger partial charge is 0.467 e. The van der Waals surface area contributed by atoms with Crippen LogP contribution in [0.4, 0.5) is 5.00 Å². The van der Waals surface area contributed by atoms with Crippen molar-refractivity contribution in [3.8, 4) is 0 Å². The maximum Gasteiger partial charge on any atom is 0.256 e. The molecular weight excluding hydrogens is 420 g/mol. The summed E-state index contributed by atoms with van der Waals surface area (Å²) in [5.41, 5.74) is 3.49. The zero-order valence-electron chi connectivity index (χ0n) is 19.1. The van der Waals surface area contributed by atoms with Crippen molar-refractivity contribution in [3.05, 3.63) is 75.6 Å². The van der Waals surface area contributed by atoms with Gasteiger partial charge in [-0.25, -0.2) is 0 Å². The molecule has 0 spiro atoms. The number of nitrogens with one attached hydrogen (secondary N) is 2. The molecule has 0 saturated carbocycles. The Morgan fingerprint density at radius 1 is 1.16 bits per heavy atom. The maximum absolute atomic E-state index is 13.2. The molecule has 2 heterocycles. The van der Waals surface area contributed by atoms with Crippen molar-refractivity contribution in [3.63, 3.8) is 0 Å². The molecule has 1 atom stereocenters. The number of rotatable bonds is 5. The Kier molecular flexibility index (Phi) is 6.24. The fourth-order valence-electron chi connectivity index (χ4n) is 4.28. The second kappa shape index (κ2) is 8.94. The Morgan fingerprint density at radius 3 is 2.66 bits per heavy atom. The summed E-state index contributed by atoms with van der Waals surface area (Å²) in [4.78, 5) is 27.4. The summed E-state index contributed by atoms with van der Waals surface area (Å²) in [6.45, 7) is 9.09. The van der Waals surface area contributed by atoms with Crippen molar-refractivity contribution in [1.29, 1.82) is 0 Å². The van der Waals surface area contributed by atoms with Crippen LogP contribution in [0.5, 0.6) is 0 Å². The number of furan rings is 1. The molecule has 4 rings (SSSR count). The Balaban J connectivity index is 1.64. The van der Waals surface area contributed by atoms with Gasteiger partial charge in [0.2, 0.25) is 0 Å². The summed E-state index contributed by atoms with van der Waals surface area (Å²) in [6, 6.07) is 11.1. The lowest BCUT2D eigenvalue weighted by molar-refractivity contribution is 0.0947. The van der Waals surface area contributed by atoms with E-state index in [1.54, 1.807) is 29.7 Å². The molecule has 6 heteroatoms. The molecule has 1 aromatic carbocycles. The highest BCUT2D eigenvalue weighted by molar-refractivity contribution is 7.17. The Labute approximate surface area is 193 Å². The highest BCUT2D eigenvalue weighted by atomic mass is 32.1. The van der Waals surface area contributed by atoms with Crippen LogP contribution in [-0.2, 0) is 19.4 Å². The van der Waals surface area contributed by atoms with Gasteiger partial charge in [0.1, 0.15) is 10.8 Å². The van der Waals surface area contributed by atoms with Crippen molar-refractivity contribution in [2.45, 2.75) is 53.5 Å². The number of hydrogen-bond donors (Lipinski definition) is 2. The van der Waals surface area contributed by atoms with Gasteiger partial charge < -0.3 is 15.1 Å². The molecule has 1 aliphatic rings. The van der Waals surface area contributed by atoms with Crippen LogP contribution in [0.25, 0.3) is 0 Å². The minimum atomic E-state index is -0.195. The molecule has 3 aromatic rings. The van der Waals surface area contributed by atoms with E-state index >= 15 is 0 Å². The third-order valence-electron chi connectivity index (χ3n) is 6.23. The Morgan fingerprint density at radius 2 is 1.97 bits per heavy atom. The average molecular weight is 451 g/mol. The van der Waals surface area contributed by atoms with Gasteiger partial charge in [0.05, 0.1) is 18.4 Å². The van der Waals surface area contributed by atoms with Crippen LogP contribution in [0.2, 0.25) is 0 Å². The summed E-state index contributed by atoms with van der Waals surface area (Å²) in [7, 11) is 0. The first-order valence-corrected chi connectivity index (χ1v) is 11.9. The van der Waals surface area contributed by atoms with Crippen LogP contribution in [0, 0.1) is 18.3 Å². The van der Waals surface area contributed by atoms with Gasteiger partial charge in [0, 0.05) is 10.4 Å². The minimum Gasteiger partial charge on any atom is -0.467 e. The maximum atomic E-state index is 13.2. The molecule has 2 aromatic heterocycles. The van der Waals surface area contributed by atoms with E-state index in [0.29, 0.717) is 34.4 Å². The van der Waals surface area contributed by atoms with Crippen LogP contribution in [-0.4, -0.2) is 11.8 Å². The quantitative estimate of drug-likeness (QED) is 0.502. The van der Waals surface area contributed by atoms with Gasteiger partial charge in [0.15, 0.2) is 0 Å². The van der Waals surface area contributed by atoms with Crippen molar-refractivity contribution < 1.29 is 14.0 Å². The first-order valence-electron chi connectivity index (χ1n) is 11.1. The van der Waals surface area contributed by atoms with E-state index in [0.717, 1.165) is 30.4 Å². The molecule has 168 valence electrons. The first-order chi connectivity index (χ1) is 15.2. The summed E-state index contributed by atoms with van der Waals surface area (Å²) in [6.07, 6.45) is 4.41. The summed E-state index contributed by atoms with van der Waals surface area (Å²) < 4.78 is 5.35. The normalized spacial score (nSPS) is 15.8. The molecule has 0 bridgehead atoms. The number of carbonyl (C=O) groups is 2. The third kappa shape index (κ3) is 4.80. The topological polar surface area (TPSA) is 71.3 Å². The number of amides is 2. The molecule has 1 aliphatic carbocycles. The second-order valence-electron chi connectivity index (χ2n) is 9.60. The minimum absolute atomic E-state index is 0.173. The Hall–Kier alpha value is -2.86. The number of thiophene rings is 1. The molecule has 0 aliphatic heterocycles. The molecule has 32 heavy (non-hydrogen) atoms. The first kappa shape index (κ1) is 22.3. The lowest BCUT2D eigenvalue weighted by Crippen LogP contribution is -2.28. The standard InChI is InChI=1S/C26H30N2O3S/c1-16-7-5-8-17(13-16)23(29)28-25-22(24(30)27-15-19-9-6-12-31-19)20-11-10-18(26(2,3)4)14-21(20)32-25/h5-9,12-13,18H,10-11,14-15H2,1-4H3,(H,27,30)(H,28,29). The van der Waals surface area contributed by atoms with Crippen LogP contribution < -0.4 is 10.6 Å². The van der Waals surface area contributed by atoms with E-state index in [9.17, 15) is 9.59 Å². The van der Waals surface area contributed by atoms with E-state index in [1.165, 1.54) is 4.88 Å². The van der Waals surface area contributed by atoms with Gasteiger partial charge in [-0.3, -0.25) is 9.59 Å². The predicted octanol–water partition coefficient (Wildman–Crippen LogP) is 5.98. The molecule has 2 N–H and O–H groups in total. The number of aryl methyl sites for hydroxylation is 1. The van der Waals surface area contributed by atoms with Crippen LogP contribution in [0.15, 0.2) is 47.1 Å². The molecule has 0 saturated heterocycles. The molecule has 2 amide bonds. The van der Waals surface area contributed by atoms with Crippen LogP contribution in [0.3, 0.4) is 0 Å². The monoisotopic (exact) mass is 450 g/mol. The van der Waals surface area contributed by atoms with Crippen molar-refractivity contribution >= 4 is 28.2 Å². The van der Waals surface area contributed by atoms with Gasteiger partial charge in [0.25, 0.3) is 11.8 Å². The van der Waals surface area contributed by atoms with E-state index < -0.39 is 0 Å². The molecular formula is C26H30N2O3S. The predicted molar refractivity (Wildman–Crippen MR) is 128 cm³/mol. The van der Waals surface area contributed by atoms with E-state index in [-0.39, 0.29) is 17.2 Å². The van der Waals surface area contributed by atoms with Crippen molar-refractivity contribution in [1.82, 2.24) is 5.32 Å². The van der Waals surface area contributed by atoms with E-state index in [1.807, 2.05) is 31.2 Å². The fourth-order valence-corrected chi connectivity index (χ4v) is 5.60. The third-order valence-corrected chi connectivity index (χ3v) is 7.40. The van der Waals surface area contributed by atoms with Crippen molar-refractivity contribution in [2.24, 2.45) is 11.3 Å². The summed E-state index contributed by atoms with van der Waals surface area (Å²) in [5.74, 6) is 0.876. The summed E-state index contributed by atoms with van der Waals surface area (Å²) in [5, 5.41) is 6.63. The van der Waals surface area contributed by atoms with Gasteiger partial charge in [-0.2, -0.15) is 0 Å². The number of anilines is 1. The van der Waals surface area contributed by atoms with Gasteiger partial charge in [-0.1, -0.05) is 38.5 Å². The molecule has 0 radical (unpaired) electrons. The number of carbonyl (C=O) groups excluding carboxylic acids is 2. The van der Waals surface area contributed by atoms with E-state index in [4.69, 9.17) is 4.42 Å². The zero-order valence-corrected chi connectivity index (χ0v) is 19.9. The van der Waals surface area contributed by atoms with Gasteiger partial charge in [-0.05, 0) is 67.3 Å². The fraction of sp³-hybridized carbons (Fsp3) is 0.385. The van der Waals surface area contributed by atoms with Crippen LogP contribution >= 0.6 is 11.3 Å².